The van der Waals surface area contributed by atoms with Crippen LogP contribution in [0.5, 0.6) is 5.75 Å². The number of hydrogen-bond acceptors (Lipinski definition) is 4. The maximum Gasteiger partial charge on any atom is 0.335 e. The van der Waals surface area contributed by atoms with Gasteiger partial charge in [-0.15, -0.1) is 0 Å². The molecule has 1 aliphatic rings. The summed E-state index contributed by atoms with van der Waals surface area (Å²) in [5, 5.41) is 2.62. The molecule has 1 atom stereocenters. The number of rotatable bonds is 4. The molecule has 1 fully saturated rings. The predicted octanol–water partition coefficient (Wildman–Crippen LogP) is 2.79. The minimum atomic E-state index is -0.995. The molecule has 3 rings (SSSR count). The third-order valence-corrected chi connectivity index (χ3v) is 4.17. The van der Waals surface area contributed by atoms with E-state index in [2.05, 4.69) is 5.32 Å². The highest BCUT2D eigenvalue weighted by Gasteiger charge is 2.41. The molecule has 0 bridgehead atoms. The second-order valence-electron chi connectivity index (χ2n) is 5.55. The Morgan fingerprint density at radius 2 is 1.84 bits per heavy atom. The molecule has 25 heavy (non-hydrogen) atoms. The first kappa shape index (κ1) is 17.0. The van der Waals surface area contributed by atoms with Gasteiger partial charge in [0.1, 0.15) is 11.7 Å². The summed E-state index contributed by atoms with van der Waals surface area (Å²) in [7, 11) is 1.56. The molecule has 128 valence electrons. The first-order valence-electron chi connectivity index (χ1n) is 7.57. The molecule has 6 nitrogen and oxygen atoms in total. The van der Waals surface area contributed by atoms with Gasteiger partial charge in [-0.3, -0.25) is 14.9 Å². The summed E-state index contributed by atoms with van der Waals surface area (Å²) in [5.74, 6) is -1.50. The zero-order valence-corrected chi connectivity index (χ0v) is 14.1. The first-order chi connectivity index (χ1) is 12.0. The van der Waals surface area contributed by atoms with Crippen LogP contribution in [0, 0.1) is 5.92 Å². The van der Waals surface area contributed by atoms with E-state index in [-0.39, 0.29) is 6.42 Å². The summed E-state index contributed by atoms with van der Waals surface area (Å²) in [4.78, 5) is 38.0. The number of nitrogens with one attached hydrogen (secondary N) is 1. The van der Waals surface area contributed by atoms with Crippen LogP contribution in [0.3, 0.4) is 0 Å². The van der Waals surface area contributed by atoms with Crippen molar-refractivity contribution in [3.05, 3.63) is 59.1 Å². The van der Waals surface area contributed by atoms with Crippen molar-refractivity contribution < 1.29 is 19.1 Å². The van der Waals surface area contributed by atoms with Gasteiger partial charge in [-0.1, -0.05) is 29.8 Å². The number of carbonyl (C=O) groups is 3. The van der Waals surface area contributed by atoms with Gasteiger partial charge in [0.2, 0.25) is 11.8 Å². The lowest BCUT2D eigenvalue weighted by atomic mass is 9.95. The molecule has 0 aromatic heterocycles. The van der Waals surface area contributed by atoms with Gasteiger partial charge in [0.05, 0.1) is 12.8 Å². The number of carbonyl (C=O) groups excluding carboxylic acids is 3. The fraction of sp³-hybridized carbons (Fsp3) is 0.167. The molecular weight excluding hydrogens is 344 g/mol. The summed E-state index contributed by atoms with van der Waals surface area (Å²) in [6.07, 6.45) is 0.180. The average Bonchev–Trinajstić information content (AvgIpc) is 2.59. The minimum Gasteiger partial charge on any atom is -0.497 e. The second kappa shape index (κ2) is 6.94. The highest BCUT2D eigenvalue weighted by Crippen LogP contribution is 2.25. The number of anilines is 1. The van der Waals surface area contributed by atoms with Gasteiger partial charge in [0.15, 0.2) is 0 Å². The molecular formula is C18H15ClN2O4. The zero-order valence-electron chi connectivity index (χ0n) is 13.4. The molecule has 2 aromatic rings. The van der Waals surface area contributed by atoms with Gasteiger partial charge in [0.25, 0.3) is 0 Å². The maximum atomic E-state index is 12.8. The number of hydrogen-bond donors (Lipinski definition) is 1. The molecule has 0 spiro atoms. The topological polar surface area (TPSA) is 75.7 Å². The van der Waals surface area contributed by atoms with Crippen molar-refractivity contribution in [3.8, 4) is 5.75 Å². The van der Waals surface area contributed by atoms with Crippen LogP contribution in [0.4, 0.5) is 10.5 Å². The molecule has 2 aromatic carbocycles. The Hall–Kier alpha value is -2.86. The Morgan fingerprint density at radius 3 is 2.48 bits per heavy atom. The number of nitrogens with zero attached hydrogens (tertiary/aromatic N) is 1. The number of methoxy groups -OCH3 is 1. The molecule has 1 heterocycles. The van der Waals surface area contributed by atoms with E-state index >= 15 is 0 Å². The highest BCUT2D eigenvalue weighted by molar-refractivity contribution is 6.32. The fourth-order valence-electron chi connectivity index (χ4n) is 2.65. The molecule has 1 aliphatic heterocycles. The summed E-state index contributed by atoms with van der Waals surface area (Å²) in [6.45, 7) is 0. The van der Waals surface area contributed by atoms with Gasteiger partial charge >= 0.3 is 6.03 Å². The molecule has 4 amide bonds. The van der Waals surface area contributed by atoms with Gasteiger partial charge in [0, 0.05) is 5.02 Å². The maximum absolute atomic E-state index is 12.8. The van der Waals surface area contributed by atoms with Gasteiger partial charge in [-0.25, -0.2) is 9.69 Å². The van der Waals surface area contributed by atoms with Crippen LogP contribution in [0.1, 0.15) is 5.56 Å². The van der Waals surface area contributed by atoms with Crippen molar-refractivity contribution in [2.45, 2.75) is 6.42 Å². The Kier molecular flexibility index (Phi) is 4.72. The van der Waals surface area contributed by atoms with E-state index in [9.17, 15) is 14.4 Å². The number of amides is 4. The van der Waals surface area contributed by atoms with Gasteiger partial charge in [-0.05, 0) is 42.3 Å². The van der Waals surface area contributed by atoms with E-state index in [4.69, 9.17) is 16.3 Å². The van der Waals surface area contributed by atoms with Gasteiger partial charge < -0.3 is 4.74 Å². The lowest BCUT2D eigenvalue weighted by Crippen LogP contribution is -2.58. The summed E-state index contributed by atoms with van der Waals surface area (Å²) in [5.41, 5.74) is 1.11. The number of ether oxygens (including phenoxy) is 1. The van der Waals surface area contributed by atoms with E-state index in [1.807, 2.05) is 0 Å². The highest BCUT2D eigenvalue weighted by atomic mass is 35.5. The van der Waals surface area contributed by atoms with Crippen LogP contribution in [0.15, 0.2) is 48.5 Å². The van der Waals surface area contributed by atoms with Crippen LogP contribution in [0.2, 0.25) is 5.02 Å². The van der Waals surface area contributed by atoms with Crippen molar-refractivity contribution >= 4 is 35.1 Å². The van der Waals surface area contributed by atoms with E-state index in [0.29, 0.717) is 16.5 Å². The SMILES string of the molecule is COc1ccc(C[C@H]2C(=O)NC(=O)N(c3cccc(Cl)c3)C2=O)cc1. The van der Waals surface area contributed by atoms with Crippen molar-refractivity contribution in [2.24, 2.45) is 5.92 Å². The number of halogens is 1. The quantitative estimate of drug-likeness (QED) is 0.853. The van der Waals surface area contributed by atoms with Crippen molar-refractivity contribution in [1.29, 1.82) is 0 Å². The molecule has 7 heteroatoms. The van der Waals surface area contributed by atoms with Crippen LogP contribution >= 0.6 is 11.6 Å². The third kappa shape index (κ3) is 3.49. The molecule has 0 radical (unpaired) electrons. The molecule has 0 aliphatic carbocycles. The van der Waals surface area contributed by atoms with Gasteiger partial charge in [-0.2, -0.15) is 0 Å². The van der Waals surface area contributed by atoms with Crippen molar-refractivity contribution in [2.75, 3.05) is 12.0 Å². The lowest BCUT2D eigenvalue weighted by Gasteiger charge is -2.30. The Balaban J connectivity index is 1.87. The van der Waals surface area contributed by atoms with Crippen LogP contribution in [-0.4, -0.2) is 25.0 Å². The standard InChI is InChI=1S/C18H15ClN2O4/c1-25-14-7-5-11(6-8-14)9-15-16(22)20-18(24)21(17(15)23)13-4-2-3-12(19)10-13/h2-8,10,15H,9H2,1H3,(H,20,22,24)/t15-/m0/s1. The second-order valence-corrected chi connectivity index (χ2v) is 5.99. The number of urea groups is 1. The summed E-state index contributed by atoms with van der Waals surface area (Å²) in [6, 6.07) is 12.6. The minimum absolute atomic E-state index is 0.180. The smallest absolute Gasteiger partial charge is 0.335 e. The average molecular weight is 359 g/mol. The molecule has 1 saturated heterocycles. The van der Waals surface area contributed by atoms with Crippen LogP contribution in [-0.2, 0) is 16.0 Å². The van der Waals surface area contributed by atoms with Crippen molar-refractivity contribution in [1.82, 2.24) is 5.32 Å². The molecule has 0 saturated carbocycles. The predicted molar refractivity (Wildman–Crippen MR) is 92.7 cm³/mol. The van der Waals surface area contributed by atoms with Crippen LogP contribution < -0.4 is 15.0 Å². The largest absolute Gasteiger partial charge is 0.497 e. The van der Waals surface area contributed by atoms with E-state index in [1.165, 1.54) is 6.07 Å². The lowest BCUT2D eigenvalue weighted by molar-refractivity contribution is -0.134. The number of imide groups is 2. The Bertz CT molecular complexity index is 835. The molecule has 0 unspecified atom stereocenters. The Morgan fingerprint density at radius 1 is 1.12 bits per heavy atom. The number of benzene rings is 2. The first-order valence-corrected chi connectivity index (χ1v) is 7.94. The zero-order chi connectivity index (χ0) is 18.0. The van der Waals surface area contributed by atoms with E-state index < -0.39 is 23.8 Å². The van der Waals surface area contributed by atoms with Crippen LogP contribution in [0.25, 0.3) is 0 Å². The van der Waals surface area contributed by atoms with E-state index in [1.54, 1.807) is 49.6 Å². The number of barbiturate groups is 1. The third-order valence-electron chi connectivity index (χ3n) is 3.93. The summed E-state index contributed by atoms with van der Waals surface area (Å²) >= 11 is 5.93. The molecule has 1 N–H and O–H groups in total. The van der Waals surface area contributed by atoms with E-state index in [0.717, 1.165) is 10.5 Å². The monoisotopic (exact) mass is 358 g/mol. The normalized spacial score (nSPS) is 17.4. The Labute approximate surface area is 149 Å². The summed E-state index contributed by atoms with van der Waals surface area (Å²) < 4.78 is 5.09. The fourth-order valence-corrected chi connectivity index (χ4v) is 2.84. The van der Waals surface area contributed by atoms with Crippen molar-refractivity contribution in [3.63, 3.8) is 0 Å².